The number of carboxylic acid groups (broad SMARTS) is 1. The molecular formula is C15H12ClNO4. The van der Waals surface area contributed by atoms with Gasteiger partial charge in [-0.3, -0.25) is 4.79 Å². The predicted molar refractivity (Wildman–Crippen MR) is 77.4 cm³/mol. The molecular weight excluding hydrogens is 294 g/mol. The molecule has 21 heavy (non-hydrogen) atoms. The lowest BCUT2D eigenvalue weighted by Gasteiger charge is -2.11. The van der Waals surface area contributed by atoms with Crippen molar-refractivity contribution in [2.24, 2.45) is 0 Å². The first-order valence-electron chi connectivity index (χ1n) is 6.43. The summed E-state index contributed by atoms with van der Waals surface area (Å²) in [7, 11) is 0. The van der Waals surface area contributed by atoms with Crippen LogP contribution in [-0.4, -0.2) is 22.2 Å². The maximum Gasteiger partial charge on any atom is 0.341 e. The molecule has 5 nitrogen and oxygen atoms in total. The van der Waals surface area contributed by atoms with Gasteiger partial charge in [0, 0.05) is 23.2 Å². The van der Waals surface area contributed by atoms with Crippen molar-refractivity contribution >= 4 is 17.6 Å². The number of aromatic nitrogens is 1. The Labute approximate surface area is 125 Å². The van der Waals surface area contributed by atoms with Gasteiger partial charge in [-0.05, 0) is 29.8 Å². The molecule has 0 atom stereocenters. The fourth-order valence-electron chi connectivity index (χ4n) is 2.47. The average molecular weight is 306 g/mol. The van der Waals surface area contributed by atoms with Gasteiger partial charge in [-0.25, -0.2) is 4.79 Å². The zero-order valence-corrected chi connectivity index (χ0v) is 11.8. The summed E-state index contributed by atoms with van der Waals surface area (Å²) in [6.45, 7) is 0.815. The van der Waals surface area contributed by atoms with Crippen molar-refractivity contribution < 1.29 is 14.6 Å². The van der Waals surface area contributed by atoms with Crippen molar-refractivity contribution in [3.05, 3.63) is 62.5 Å². The number of ether oxygens (including phenoxy) is 1. The van der Waals surface area contributed by atoms with Crippen LogP contribution in [0, 0.1) is 0 Å². The molecule has 0 saturated heterocycles. The van der Waals surface area contributed by atoms with E-state index in [1.807, 2.05) is 6.07 Å². The van der Waals surface area contributed by atoms with E-state index < -0.39 is 11.5 Å². The molecule has 0 fully saturated rings. The summed E-state index contributed by atoms with van der Waals surface area (Å²) in [6, 6.07) is 6.42. The third-order valence-electron chi connectivity index (χ3n) is 3.42. The topological polar surface area (TPSA) is 68.5 Å². The molecule has 1 aliphatic heterocycles. The lowest BCUT2D eigenvalue weighted by atomic mass is 10.1. The van der Waals surface area contributed by atoms with Crippen molar-refractivity contribution in [3.8, 4) is 5.75 Å². The van der Waals surface area contributed by atoms with Gasteiger partial charge in [-0.2, -0.15) is 0 Å². The molecule has 1 aromatic heterocycles. The number of carbonyl (C=O) groups is 1. The third-order valence-corrected chi connectivity index (χ3v) is 3.63. The van der Waals surface area contributed by atoms with E-state index in [0.717, 1.165) is 23.3 Å². The van der Waals surface area contributed by atoms with E-state index in [2.05, 4.69) is 0 Å². The molecule has 3 rings (SSSR count). The number of nitrogens with zero attached hydrogens (tertiary/aromatic N) is 1. The molecule has 2 aromatic rings. The van der Waals surface area contributed by atoms with E-state index in [4.69, 9.17) is 21.4 Å². The number of benzene rings is 1. The largest absolute Gasteiger partial charge is 0.493 e. The number of rotatable bonds is 3. The van der Waals surface area contributed by atoms with E-state index in [0.29, 0.717) is 11.6 Å². The zero-order chi connectivity index (χ0) is 15.0. The molecule has 0 unspecified atom stereocenters. The highest BCUT2D eigenvalue weighted by Gasteiger charge is 2.19. The Morgan fingerprint density at radius 1 is 1.43 bits per heavy atom. The summed E-state index contributed by atoms with van der Waals surface area (Å²) in [5.74, 6) is -0.492. The van der Waals surface area contributed by atoms with Crippen molar-refractivity contribution in [2.45, 2.75) is 13.0 Å². The second-order valence-electron chi connectivity index (χ2n) is 4.81. The second-order valence-corrected chi connectivity index (χ2v) is 5.25. The molecule has 2 heterocycles. The number of carboxylic acids is 1. The van der Waals surface area contributed by atoms with Gasteiger partial charge in [-0.1, -0.05) is 11.6 Å². The number of pyridine rings is 1. The Hall–Kier alpha value is -2.27. The normalized spacial score (nSPS) is 12.8. The van der Waals surface area contributed by atoms with Crippen LogP contribution in [0.3, 0.4) is 0 Å². The average Bonchev–Trinajstić information content (AvgIpc) is 2.88. The van der Waals surface area contributed by atoms with Crippen LogP contribution in [0.15, 0.2) is 35.3 Å². The highest BCUT2D eigenvalue weighted by atomic mass is 35.5. The van der Waals surface area contributed by atoms with Gasteiger partial charge in [0.1, 0.15) is 11.3 Å². The molecule has 0 amide bonds. The standard InChI is InChI=1S/C15H12ClNO4/c16-11-6-9-3-5-21-13(9)10(7-11)8-17-4-1-2-12(14(17)18)15(19)20/h1-2,4,6-7H,3,5,8H2,(H,19,20). The Morgan fingerprint density at radius 3 is 3.00 bits per heavy atom. The van der Waals surface area contributed by atoms with Crippen LogP contribution in [-0.2, 0) is 13.0 Å². The molecule has 6 heteroatoms. The first-order chi connectivity index (χ1) is 10.1. The lowest BCUT2D eigenvalue weighted by molar-refractivity contribution is 0.0694. The van der Waals surface area contributed by atoms with E-state index in [1.165, 1.54) is 16.7 Å². The minimum Gasteiger partial charge on any atom is -0.493 e. The van der Waals surface area contributed by atoms with Crippen LogP contribution < -0.4 is 10.3 Å². The van der Waals surface area contributed by atoms with Gasteiger partial charge >= 0.3 is 5.97 Å². The molecule has 1 N–H and O–H groups in total. The lowest BCUT2D eigenvalue weighted by Crippen LogP contribution is -2.26. The molecule has 0 radical (unpaired) electrons. The molecule has 0 saturated carbocycles. The number of fused-ring (bicyclic) bond motifs is 1. The molecule has 0 spiro atoms. The maximum atomic E-state index is 12.1. The van der Waals surface area contributed by atoms with E-state index >= 15 is 0 Å². The predicted octanol–water partition coefficient (Wildman–Crippen LogP) is 2.18. The zero-order valence-electron chi connectivity index (χ0n) is 11.0. The van der Waals surface area contributed by atoms with Gasteiger partial charge < -0.3 is 14.4 Å². The summed E-state index contributed by atoms with van der Waals surface area (Å²) in [4.78, 5) is 23.1. The van der Waals surface area contributed by atoms with Gasteiger partial charge in [0.25, 0.3) is 5.56 Å². The Morgan fingerprint density at radius 2 is 2.24 bits per heavy atom. The van der Waals surface area contributed by atoms with Crippen molar-refractivity contribution in [1.82, 2.24) is 4.57 Å². The number of hydrogen-bond acceptors (Lipinski definition) is 3. The number of hydrogen-bond donors (Lipinski definition) is 1. The highest BCUT2D eigenvalue weighted by Crippen LogP contribution is 2.33. The van der Waals surface area contributed by atoms with Crippen LogP contribution in [0.1, 0.15) is 21.5 Å². The van der Waals surface area contributed by atoms with E-state index in [1.54, 1.807) is 12.3 Å². The Kier molecular flexibility index (Phi) is 3.43. The van der Waals surface area contributed by atoms with Crippen LogP contribution in [0.2, 0.25) is 5.02 Å². The monoisotopic (exact) mass is 305 g/mol. The van der Waals surface area contributed by atoms with Crippen molar-refractivity contribution in [3.63, 3.8) is 0 Å². The third kappa shape index (κ3) is 2.52. The van der Waals surface area contributed by atoms with Crippen LogP contribution in [0.5, 0.6) is 5.75 Å². The minimum absolute atomic E-state index is 0.225. The summed E-state index contributed by atoms with van der Waals surface area (Å²) in [5, 5.41) is 9.58. The Bertz CT molecular complexity index is 782. The summed E-state index contributed by atoms with van der Waals surface area (Å²) in [5.41, 5.74) is 0.994. The highest BCUT2D eigenvalue weighted by molar-refractivity contribution is 6.30. The molecule has 1 aliphatic rings. The van der Waals surface area contributed by atoms with Crippen molar-refractivity contribution in [2.75, 3.05) is 6.61 Å². The van der Waals surface area contributed by atoms with Crippen molar-refractivity contribution in [1.29, 1.82) is 0 Å². The maximum absolute atomic E-state index is 12.1. The SMILES string of the molecule is O=C(O)c1cccn(Cc2cc(Cl)cc3c2OCC3)c1=O. The number of aromatic carboxylic acids is 1. The molecule has 1 aromatic carbocycles. The Balaban J connectivity index is 2.04. The van der Waals surface area contributed by atoms with E-state index in [9.17, 15) is 9.59 Å². The van der Waals surface area contributed by atoms with Gasteiger partial charge in [0.2, 0.25) is 0 Å². The van der Waals surface area contributed by atoms with E-state index in [-0.39, 0.29) is 12.1 Å². The first-order valence-corrected chi connectivity index (χ1v) is 6.81. The number of halogens is 1. The summed E-state index contributed by atoms with van der Waals surface area (Å²) in [6.07, 6.45) is 2.34. The molecule has 0 aliphatic carbocycles. The second kappa shape index (κ2) is 5.26. The quantitative estimate of drug-likeness (QED) is 0.943. The molecule has 0 bridgehead atoms. The van der Waals surface area contributed by atoms with Gasteiger partial charge in [0.05, 0.1) is 13.2 Å². The summed E-state index contributed by atoms with van der Waals surface area (Å²) < 4.78 is 6.93. The smallest absolute Gasteiger partial charge is 0.341 e. The molecule has 108 valence electrons. The fourth-order valence-corrected chi connectivity index (χ4v) is 2.73. The van der Waals surface area contributed by atoms with Gasteiger partial charge in [0.15, 0.2) is 0 Å². The van der Waals surface area contributed by atoms with Crippen LogP contribution in [0.25, 0.3) is 0 Å². The van der Waals surface area contributed by atoms with Crippen LogP contribution in [0.4, 0.5) is 0 Å². The minimum atomic E-state index is -1.23. The summed E-state index contributed by atoms with van der Waals surface area (Å²) >= 11 is 6.08. The first kappa shape index (κ1) is 13.7. The van der Waals surface area contributed by atoms with Crippen LogP contribution >= 0.6 is 11.6 Å². The fraction of sp³-hybridized carbons (Fsp3) is 0.200. The van der Waals surface area contributed by atoms with Gasteiger partial charge in [-0.15, -0.1) is 0 Å².